The normalized spacial score (nSPS) is 14.9. The molecule has 4 rings (SSSR count). The molecule has 0 saturated carbocycles. The van der Waals surface area contributed by atoms with E-state index in [4.69, 9.17) is 4.74 Å². The van der Waals surface area contributed by atoms with E-state index in [1.165, 1.54) is 5.57 Å². The summed E-state index contributed by atoms with van der Waals surface area (Å²) in [7, 11) is -3.27. The van der Waals surface area contributed by atoms with Crippen molar-refractivity contribution in [1.82, 2.24) is 9.88 Å². The second kappa shape index (κ2) is 10.4. The van der Waals surface area contributed by atoms with Crippen LogP contribution in [0.5, 0.6) is 5.75 Å². The van der Waals surface area contributed by atoms with E-state index < -0.39 is 10.0 Å². The fraction of sp³-hybridized carbons (Fsp3) is 0.346. The maximum atomic E-state index is 11.8. The van der Waals surface area contributed by atoms with Gasteiger partial charge in [-0.1, -0.05) is 29.8 Å². The number of likely N-dealkylation sites (tertiary alicyclic amines) is 1. The average molecular weight is 466 g/mol. The van der Waals surface area contributed by atoms with Gasteiger partial charge in [-0.05, 0) is 68.7 Å². The average Bonchev–Trinajstić information content (AvgIpc) is 2.80. The second-order valence-electron chi connectivity index (χ2n) is 8.40. The topological polar surface area (TPSA) is 71.5 Å². The van der Waals surface area contributed by atoms with Crippen LogP contribution in [0.15, 0.2) is 60.2 Å². The standard InChI is InChI=1S/C26H31N3O3S/c1-3-33(30,31)28-23-7-4-6-22(19-23)18-21-12-14-29(15-13-21)16-17-32-26-9-5-8-25-24(26)11-10-20(2)27-25/h4-11,18-19,28H,3,12-17H2,1-2H3. The molecular weight excluding hydrogens is 434 g/mol. The summed E-state index contributed by atoms with van der Waals surface area (Å²) in [5, 5.41) is 1.05. The summed E-state index contributed by atoms with van der Waals surface area (Å²) in [4.78, 5) is 7.00. The van der Waals surface area contributed by atoms with Crippen LogP contribution in [-0.4, -0.2) is 50.3 Å². The smallest absolute Gasteiger partial charge is 0.232 e. The second-order valence-corrected chi connectivity index (χ2v) is 10.4. The minimum Gasteiger partial charge on any atom is -0.492 e. The lowest BCUT2D eigenvalue weighted by molar-refractivity contribution is 0.200. The van der Waals surface area contributed by atoms with Gasteiger partial charge in [0.15, 0.2) is 0 Å². The van der Waals surface area contributed by atoms with Gasteiger partial charge in [-0.25, -0.2) is 8.42 Å². The van der Waals surface area contributed by atoms with Crippen molar-refractivity contribution in [3.05, 3.63) is 71.4 Å². The Morgan fingerprint density at radius 1 is 1.09 bits per heavy atom. The maximum Gasteiger partial charge on any atom is 0.232 e. The Balaban J connectivity index is 1.29. The van der Waals surface area contributed by atoms with Gasteiger partial charge in [0.05, 0.1) is 11.3 Å². The Hall–Kier alpha value is -2.90. The highest BCUT2D eigenvalue weighted by molar-refractivity contribution is 7.92. The molecule has 0 atom stereocenters. The van der Waals surface area contributed by atoms with E-state index in [0.29, 0.717) is 12.3 Å². The number of fused-ring (bicyclic) bond motifs is 1. The molecule has 0 unspecified atom stereocenters. The minimum atomic E-state index is -3.27. The first-order valence-corrected chi connectivity index (χ1v) is 13.1. The first-order valence-electron chi connectivity index (χ1n) is 11.4. The molecule has 0 spiro atoms. The number of nitrogens with zero attached hydrogens (tertiary/aromatic N) is 2. The molecule has 1 saturated heterocycles. The lowest BCUT2D eigenvalue weighted by Crippen LogP contribution is -2.34. The molecule has 0 radical (unpaired) electrons. The van der Waals surface area contributed by atoms with Crippen LogP contribution in [0.3, 0.4) is 0 Å². The number of hydrogen-bond acceptors (Lipinski definition) is 5. The number of aromatic nitrogens is 1. The van der Waals surface area contributed by atoms with Gasteiger partial charge in [0.1, 0.15) is 12.4 Å². The molecule has 0 bridgehead atoms. The predicted molar refractivity (Wildman–Crippen MR) is 135 cm³/mol. The van der Waals surface area contributed by atoms with Crippen molar-refractivity contribution in [2.75, 3.05) is 36.7 Å². The number of piperidine rings is 1. The molecule has 7 heteroatoms. The molecule has 0 aliphatic carbocycles. The molecule has 174 valence electrons. The minimum absolute atomic E-state index is 0.0644. The summed E-state index contributed by atoms with van der Waals surface area (Å²) in [5.74, 6) is 0.950. The predicted octanol–water partition coefficient (Wildman–Crippen LogP) is 4.86. The highest BCUT2D eigenvalue weighted by Crippen LogP contribution is 2.25. The third kappa shape index (κ3) is 6.33. The lowest BCUT2D eigenvalue weighted by atomic mass is 10.0. The SMILES string of the molecule is CCS(=O)(=O)Nc1cccc(C=C2CCN(CCOc3cccc4nc(C)ccc34)CC2)c1. The number of pyridine rings is 1. The first kappa shape index (κ1) is 23.3. The van der Waals surface area contributed by atoms with E-state index in [-0.39, 0.29) is 5.75 Å². The Labute approximate surface area is 196 Å². The first-order chi connectivity index (χ1) is 15.9. The van der Waals surface area contributed by atoms with Gasteiger partial charge in [-0.2, -0.15) is 0 Å². The van der Waals surface area contributed by atoms with Gasteiger partial charge in [-0.3, -0.25) is 14.6 Å². The molecule has 1 fully saturated rings. The summed E-state index contributed by atoms with van der Waals surface area (Å²) < 4.78 is 32.3. The van der Waals surface area contributed by atoms with Crippen molar-refractivity contribution in [1.29, 1.82) is 0 Å². The summed E-state index contributed by atoms with van der Waals surface area (Å²) in [6.07, 6.45) is 4.19. The van der Waals surface area contributed by atoms with Gasteiger partial charge >= 0.3 is 0 Å². The largest absolute Gasteiger partial charge is 0.492 e. The van der Waals surface area contributed by atoms with E-state index in [0.717, 1.165) is 60.4 Å². The number of hydrogen-bond donors (Lipinski definition) is 1. The number of sulfonamides is 1. The van der Waals surface area contributed by atoms with E-state index >= 15 is 0 Å². The zero-order valence-corrected chi connectivity index (χ0v) is 20.1. The highest BCUT2D eigenvalue weighted by atomic mass is 32.2. The summed E-state index contributed by atoms with van der Waals surface area (Å²) in [6, 6.07) is 17.7. The number of ether oxygens (including phenoxy) is 1. The van der Waals surface area contributed by atoms with Gasteiger partial charge in [0.25, 0.3) is 0 Å². The van der Waals surface area contributed by atoms with Gasteiger partial charge in [0, 0.05) is 36.4 Å². The van der Waals surface area contributed by atoms with Gasteiger partial charge < -0.3 is 4.74 Å². The third-order valence-electron chi connectivity index (χ3n) is 5.91. The van der Waals surface area contributed by atoms with Crippen molar-refractivity contribution in [3.63, 3.8) is 0 Å². The highest BCUT2D eigenvalue weighted by Gasteiger charge is 2.14. The number of nitrogens with one attached hydrogen (secondary N) is 1. The van der Waals surface area contributed by atoms with Crippen LogP contribution < -0.4 is 9.46 Å². The van der Waals surface area contributed by atoms with E-state index in [1.54, 1.807) is 13.0 Å². The zero-order valence-electron chi connectivity index (χ0n) is 19.3. The van der Waals surface area contributed by atoms with Crippen LogP contribution in [0.25, 0.3) is 17.0 Å². The van der Waals surface area contributed by atoms with Crippen molar-refractivity contribution < 1.29 is 13.2 Å². The maximum absolute atomic E-state index is 11.8. The fourth-order valence-electron chi connectivity index (χ4n) is 4.03. The number of aryl methyl sites for hydroxylation is 1. The molecule has 1 N–H and O–H groups in total. The van der Waals surface area contributed by atoms with Crippen molar-refractivity contribution in [2.24, 2.45) is 0 Å². The Bertz CT molecular complexity index is 1240. The molecule has 6 nitrogen and oxygen atoms in total. The molecule has 2 heterocycles. The molecule has 33 heavy (non-hydrogen) atoms. The Morgan fingerprint density at radius 2 is 1.88 bits per heavy atom. The summed E-state index contributed by atoms with van der Waals surface area (Å²) in [5.41, 5.74) is 4.99. The summed E-state index contributed by atoms with van der Waals surface area (Å²) >= 11 is 0. The van der Waals surface area contributed by atoms with Crippen molar-refractivity contribution >= 4 is 32.7 Å². The number of benzene rings is 2. The molecule has 3 aromatic rings. The number of rotatable bonds is 8. The Kier molecular flexibility index (Phi) is 7.30. The van der Waals surface area contributed by atoms with E-state index in [1.807, 2.05) is 49.4 Å². The molecule has 1 aromatic heterocycles. The van der Waals surface area contributed by atoms with Crippen molar-refractivity contribution in [3.8, 4) is 5.75 Å². The van der Waals surface area contributed by atoms with Crippen LogP contribution in [0.1, 0.15) is 31.0 Å². The molecular formula is C26H31N3O3S. The van der Waals surface area contributed by atoms with Crippen molar-refractivity contribution in [2.45, 2.75) is 26.7 Å². The molecule has 1 aliphatic heterocycles. The lowest BCUT2D eigenvalue weighted by Gasteiger charge is -2.28. The van der Waals surface area contributed by atoms with Crippen LogP contribution >= 0.6 is 0 Å². The molecule has 0 amide bonds. The molecule has 1 aliphatic rings. The van der Waals surface area contributed by atoms with E-state index in [2.05, 4.69) is 26.7 Å². The zero-order chi connectivity index (χ0) is 23.3. The third-order valence-corrected chi connectivity index (χ3v) is 7.21. The van der Waals surface area contributed by atoms with Gasteiger partial charge in [0.2, 0.25) is 10.0 Å². The van der Waals surface area contributed by atoms with Crippen LogP contribution in [0, 0.1) is 6.92 Å². The number of anilines is 1. The monoisotopic (exact) mass is 465 g/mol. The fourth-order valence-corrected chi connectivity index (χ4v) is 4.66. The Morgan fingerprint density at radius 3 is 2.67 bits per heavy atom. The van der Waals surface area contributed by atoms with Gasteiger partial charge in [-0.15, -0.1) is 0 Å². The van der Waals surface area contributed by atoms with Crippen LogP contribution in [0.4, 0.5) is 5.69 Å². The van der Waals surface area contributed by atoms with Crippen LogP contribution in [-0.2, 0) is 10.0 Å². The summed E-state index contributed by atoms with van der Waals surface area (Å²) in [6.45, 7) is 7.15. The molecule has 2 aromatic carbocycles. The quantitative estimate of drug-likeness (QED) is 0.514. The van der Waals surface area contributed by atoms with E-state index in [9.17, 15) is 8.42 Å². The van der Waals surface area contributed by atoms with Crippen LogP contribution in [0.2, 0.25) is 0 Å².